The molecule has 0 fully saturated rings. The summed E-state index contributed by atoms with van der Waals surface area (Å²) in [4.78, 5) is 25.2. The van der Waals surface area contributed by atoms with Gasteiger partial charge in [-0.15, -0.1) is 0 Å². The Kier molecular flexibility index (Phi) is 6.70. The monoisotopic (exact) mass is 393 g/mol. The number of carbonyl (C=O) groups excluding carboxylic acids is 2. The second kappa shape index (κ2) is 9.41. The van der Waals surface area contributed by atoms with E-state index in [9.17, 15) is 9.59 Å². The molecule has 3 rings (SSSR count). The lowest BCUT2D eigenvalue weighted by Crippen LogP contribution is -2.34. The zero-order valence-electron chi connectivity index (χ0n) is 17.1. The predicted octanol–water partition coefficient (Wildman–Crippen LogP) is 4.14. The topological polar surface area (TPSA) is 64.6 Å². The summed E-state index contributed by atoms with van der Waals surface area (Å²) in [5.41, 5.74) is 2.95. The molecular formula is C24H27NO4. The van der Waals surface area contributed by atoms with Crippen molar-refractivity contribution in [2.75, 3.05) is 6.61 Å². The molecule has 152 valence electrons. The Morgan fingerprint density at radius 3 is 2.52 bits per heavy atom. The molecule has 1 aliphatic heterocycles. The van der Waals surface area contributed by atoms with E-state index >= 15 is 0 Å². The van der Waals surface area contributed by atoms with Crippen LogP contribution in [0.4, 0.5) is 0 Å². The van der Waals surface area contributed by atoms with Crippen LogP contribution in [-0.2, 0) is 20.7 Å². The molecule has 0 aromatic heterocycles. The van der Waals surface area contributed by atoms with E-state index in [1.165, 1.54) is 0 Å². The number of benzene rings is 2. The number of ether oxygens (including phenoxy) is 2. The number of allylic oxidation sites excluding steroid dienone is 1. The highest BCUT2D eigenvalue weighted by Crippen LogP contribution is 2.38. The summed E-state index contributed by atoms with van der Waals surface area (Å²) >= 11 is 0. The number of carbonyl (C=O) groups is 2. The maximum Gasteiger partial charge on any atom is 0.336 e. The second-order valence-corrected chi connectivity index (χ2v) is 7.42. The Morgan fingerprint density at radius 1 is 1.10 bits per heavy atom. The van der Waals surface area contributed by atoms with Gasteiger partial charge in [-0.05, 0) is 32.4 Å². The molecule has 1 aliphatic rings. The van der Waals surface area contributed by atoms with Crippen molar-refractivity contribution in [1.82, 2.24) is 5.32 Å². The average Bonchev–Trinajstić information content (AvgIpc) is 2.68. The van der Waals surface area contributed by atoms with E-state index in [1.807, 2.05) is 68.4 Å². The summed E-state index contributed by atoms with van der Waals surface area (Å²) in [7, 11) is 0. The highest BCUT2D eigenvalue weighted by molar-refractivity contribution is 5.96. The Bertz CT molecular complexity index is 902. The standard InChI is InChI=1S/C24H27NO4/c1-16(2)29-21-12-8-7-11-19(21)20-15-22(26)25-17(3)23(20)24(27)28-14-13-18-9-5-4-6-10-18/h4-12,16,20H,13-15H2,1-3H3,(H,25,26)/t20-/m0/s1. The maximum absolute atomic E-state index is 13.0. The molecule has 0 aliphatic carbocycles. The molecule has 2 aromatic carbocycles. The first-order valence-corrected chi connectivity index (χ1v) is 9.93. The van der Waals surface area contributed by atoms with Crippen molar-refractivity contribution in [3.63, 3.8) is 0 Å². The molecule has 2 aromatic rings. The summed E-state index contributed by atoms with van der Waals surface area (Å²) in [6.07, 6.45) is 0.807. The molecule has 1 atom stereocenters. The van der Waals surface area contributed by atoms with Gasteiger partial charge in [0.15, 0.2) is 0 Å². The first kappa shape index (κ1) is 20.6. The summed E-state index contributed by atoms with van der Waals surface area (Å²) in [5.74, 6) is -0.233. The lowest BCUT2D eigenvalue weighted by Gasteiger charge is -2.28. The van der Waals surface area contributed by atoms with Crippen LogP contribution in [0.2, 0.25) is 0 Å². The first-order chi connectivity index (χ1) is 14.0. The number of rotatable bonds is 7. The summed E-state index contributed by atoms with van der Waals surface area (Å²) < 4.78 is 11.5. The number of hydrogen-bond donors (Lipinski definition) is 1. The van der Waals surface area contributed by atoms with Crippen LogP contribution >= 0.6 is 0 Å². The lowest BCUT2D eigenvalue weighted by molar-refractivity contribution is -0.139. The van der Waals surface area contributed by atoms with Gasteiger partial charge in [-0.2, -0.15) is 0 Å². The van der Waals surface area contributed by atoms with Crippen LogP contribution in [0.15, 0.2) is 65.9 Å². The molecular weight excluding hydrogens is 366 g/mol. The van der Waals surface area contributed by atoms with Gasteiger partial charge in [-0.3, -0.25) is 4.79 Å². The molecule has 0 saturated carbocycles. The minimum atomic E-state index is -0.400. The number of hydrogen-bond acceptors (Lipinski definition) is 4. The summed E-state index contributed by atoms with van der Waals surface area (Å²) in [6, 6.07) is 17.4. The fraction of sp³-hybridized carbons (Fsp3) is 0.333. The van der Waals surface area contributed by atoms with E-state index in [0.717, 1.165) is 11.1 Å². The Hall–Kier alpha value is -3.08. The average molecular weight is 393 g/mol. The van der Waals surface area contributed by atoms with Crippen molar-refractivity contribution in [2.45, 2.75) is 45.6 Å². The van der Waals surface area contributed by atoms with E-state index in [0.29, 0.717) is 23.4 Å². The van der Waals surface area contributed by atoms with Crippen molar-refractivity contribution in [2.24, 2.45) is 0 Å². The van der Waals surface area contributed by atoms with Crippen LogP contribution in [-0.4, -0.2) is 24.6 Å². The maximum atomic E-state index is 13.0. The fourth-order valence-corrected chi connectivity index (χ4v) is 3.55. The predicted molar refractivity (Wildman–Crippen MR) is 112 cm³/mol. The van der Waals surface area contributed by atoms with E-state index in [-0.39, 0.29) is 25.0 Å². The van der Waals surface area contributed by atoms with Gasteiger partial charge in [-0.25, -0.2) is 4.79 Å². The smallest absolute Gasteiger partial charge is 0.336 e. The highest BCUT2D eigenvalue weighted by atomic mass is 16.5. The fourth-order valence-electron chi connectivity index (χ4n) is 3.55. The third-order valence-corrected chi connectivity index (χ3v) is 4.81. The molecule has 5 heteroatoms. The van der Waals surface area contributed by atoms with Crippen molar-refractivity contribution >= 4 is 11.9 Å². The third kappa shape index (κ3) is 5.25. The SMILES string of the molecule is CC1=C(C(=O)OCCc2ccccc2)[C@H](c2ccccc2OC(C)C)CC(=O)N1. The lowest BCUT2D eigenvalue weighted by atomic mass is 9.84. The molecule has 1 N–H and O–H groups in total. The van der Waals surface area contributed by atoms with Crippen molar-refractivity contribution in [3.8, 4) is 5.75 Å². The molecule has 0 saturated heterocycles. The van der Waals surface area contributed by atoms with Crippen LogP contribution in [0, 0.1) is 0 Å². The molecule has 1 heterocycles. The van der Waals surface area contributed by atoms with E-state index in [1.54, 1.807) is 6.92 Å². The Labute approximate surface area is 171 Å². The van der Waals surface area contributed by atoms with Crippen LogP contribution < -0.4 is 10.1 Å². The van der Waals surface area contributed by atoms with Gasteiger partial charge in [0.25, 0.3) is 0 Å². The van der Waals surface area contributed by atoms with Gasteiger partial charge in [-0.1, -0.05) is 48.5 Å². The van der Waals surface area contributed by atoms with Gasteiger partial charge >= 0.3 is 5.97 Å². The molecule has 5 nitrogen and oxygen atoms in total. The summed E-state index contributed by atoms with van der Waals surface area (Å²) in [5, 5.41) is 2.78. The number of nitrogens with one attached hydrogen (secondary N) is 1. The second-order valence-electron chi connectivity index (χ2n) is 7.42. The van der Waals surface area contributed by atoms with Crippen LogP contribution in [0.3, 0.4) is 0 Å². The molecule has 0 bridgehead atoms. The van der Waals surface area contributed by atoms with Gasteiger partial charge in [0.2, 0.25) is 5.91 Å². The van der Waals surface area contributed by atoms with Crippen molar-refractivity contribution in [1.29, 1.82) is 0 Å². The third-order valence-electron chi connectivity index (χ3n) is 4.81. The Balaban J connectivity index is 1.82. The summed E-state index contributed by atoms with van der Waals surface area (Å²) in [6.45, 7) is 5.92. The zero-order valence-corrected chi connectivity index (χ0v) is 17.1. The van der Waals surface area contributed by atoms with Crippen molar-refractivity contribution in [3.05, 3.63) is 77.0 Å². The first-order valence-electron chi connectivity index (χ1n) is 9.93. The highest BCUT2D eigenvalue weighted by Gasteiger charge is 2.34. The molecule has 0 unspecified atom stereocenters. The minimum Gasteiger partial charge on any atom is -0.491 e. The van der Waals surface area contributed by atoms with Crippen LogP contribution in [0.25, 0.3) is 0 Å². The molecule has 0 radical (unpaired) electrons. The van der Waals surface area contributed by atoms with E-state index in [2.05, 4.69) is 5.32 Å². The molecule has 29 heavy (non-hydrogen) atoms. The van der Waals surface area contributed by atoms with E-state index in [4.69, 9.17) is 9.47 Å². The van der Waals surface area contributed by atoms with Crippen molar-refractivity contribution < 1.29 is 19.1 Å². The van der Waals surface area contributed by atoms with Gasteiger partial charge in [0, 0.05) is 30.0 Å². The van der Waals surface area contributed by atoms with Crippen LogP contribution in [0.5, 0.6) is 5.75 Å². The minimum absolute atomic E-state index is 0.0140. The number of esters is 1. The van der Waals surface area contributed by atoms with Gasteiger partial charge < -0.3 is 14.8 Å². The van der Waals surface area contributed by atoms with Gasteiger partial charge in [0.1, 0.15) is 5.75 Å². The van der Waals surface area contributed by atoms with Gasteiger partial charge in [0.05, 0.1) is 18.3 Å². The number of amides is 1. The quantitative estimate of drug-likeness (QED) is 0.718. The molecule has 0 spiro atoms. The number of para-hydroxylation sites is 1. The van der Waals surface area contributed by atoms with E-state index < -0.39 is 11.9 Å². The largest absolute Gasteiger partial charge is 0.491 e. The zero-order chi connectivity index (χ0) is 20.8. The Morgan fingerprint density at radius 2 is 1.79 bits per heavy atom. The van der Waals surface area contributed by atoms with Crippen LogP contribution in [0.1, 0.15) is 44.2 Å². The molecule has 1 amide bonds. The normalized spacial score (nSPS) is 16.6.